The summed E-state index contributed by atoms with van der Waals surface area (Å²) in [6.07, 6.45) is 3.61. The third kappa shape index (κ3) is 5.94. The molecule has 0 aromatic heterocycles. The van der Waals surface area contributed by atoms with E-state index in [4.69, 9.17) is 0 Å². The van der Waals surface area contributed by atoms with Crippen LogP contribution in [-0.4, -0.2) is 18.4 Å². The van der Waals surface area contributed by atoms with Crippen molar-refractivity contribution in [3.05, 3.63) is 30.1 Å². The van der Waals surface area contributed by atoms with Gasteiger partial charge in [-0.05, 0) is 25.0 Å². The number of amides is 2. The second kappa shape index (κ2) is 9.10. The first-order chi connectivity index (χ1) is 10.1. The second-order valence-electron chi connectivity index (χ2n) is 4.99. The molecule has 0 heterocycles. The summed E-state index contributed by atoms with van der Waals surface area (Å²) in [5.41, 5.74) is 0.120. The van der Waals surface area contributed by atoms with Gasteiger partial charge in [-0.1, -0.05) is 38.8 Å². The zero-order valence-corrected chi connectivity index (χ0v) is 12.6. The van der Waals surface area contributed by atoms with Gasteiger partial charge in [0.25, 0.3) is 0 Å². The number of anilines is 1. The van der Waals surface area contributed by atoms with Gasteiger partial charge in [-0.3, -0.25) is 9.59 Å². The van der Waals surface area contributed by atoms with Gasteiger partial charge in [0.15, 0.2) is 0 Å². The fraction of sp³-hybridized carbons (Fsp3) is 0.500. The lowest BCUT2D eigenvalue weighted by atomic mass is 9.98. The minimum atomic E-state index is -0.494. The van der Waals surface area contributed by atoms with E-state index in [1.807, 2.05) is 6.92 Å². The van der Waals surface area contributed by atoms with Crippen molar-refractivity contribution in [3.63, 3.8) is 0 Å². The fourth-order valence-corrected chi connectivity index (χ4v) is 2.04. The molecule has 0 saturated carbocycles. The Kier molecular flexibility index (Phi) is 7.43. The summed E-state index contributed by atoms with van der Waals surface area (Å²) in [6.45, 7) is 3.89. The maximum Gasteiger partial charge on any atom is 0.243 e. The molecule has 0 fully saturated rings. The van der Waals surface area contributed by atoms with Crippen LogP contribution in [0.3, 0.4) is 0 Å². The van der Waals surface area contributed by atoms with Crippen molar-refractivity contribution in [1.82, 2.24) is 5.32 Å². The largest absolute Gasteiger partial charge is 0.347 e. The maximum absolute atomic E-state index is 13.4. The molecule has 0 spiro atoms. The third-order valence-electron chi connectivity index (χ3n) is 3.34. The number of benzene rings is 1. The Morgan fingerprint density at radius 3 is 2.57 bits per heavy atom. The fourth-order valence-electron chi connectivity index (χ4n) is 2.04. The predicted octanol–water partition coefficient (Wildman–Crippen LogP) is 3.10. The zero-order chi connectivity index (χ0) is 15.7. The number of rotatable bonds is 8. The topological polar surface area (TPSA) is 58.2 Å². The number of carbonyl (C=O) groups is 2. The van der Waals surface area contributed by atoms with Crippen molar-refractivity contribution < 1.29 is 14.0 Å². The average molecular weight is 294 g/mol. The highest BCUT2D eigenvalue weighted by molar-refractivity contribution is 5.94. The predicted molar refractivity (Wildman–Crippen MR) is 81.3 cm³/mol. The number of nitrogens with one attached hydrogen (secondary N) is 2. The van der Waals surface area contributed by atoms with Gasteiger partial charge in [0.1, 0.15) is 5.82 Å². The molecule has 0 unspecified atom stereocenters. The standard InChI is InChI=1S/C16H23FN2O2/c1-3-5-8-12(4-2)16(21)18-11-15(20)19-14-10-7-6-9-13(14)17/h6-7,9-10,12H,3-5,8,11H2,1-2H3,(H,18,21)(H,19,20)/t12-/m0/s1. The number of unbranched alkanes of at least 4 members (excludes halogenated alkanes) is 1. The summed E-state index contributed by atoms with van der Waals surface area (Å²) >= 11 is 0. The molecule has 1 atom stereocenters. The van der Waals surface area contributed by atoms with Crippen LogP contribution < -0.4 is 10.6 Å². The number of para-hydroxylation sites is 1. The van der Waals surface area contributed by atoms with Gasteiger partial charge >= 0.3 is 0 Å². The molecule has 0 aliphatic carbocycles. The molecule has 5 heteroatoms. The first-order valence-electron chi connectivity index (χ1n) is 7.40. The summed E-state index contributed by atoms with van der Waals surface area (Å²) in [7, 11) is 0. The Labute approximate surface area is 125 Å². The lowest BCUT2D eigenvalue weighted by molar-refractivity contribution is -0.127. The van der Waals surface area contributed by atoms with Gasteiger partial charge in [0.05, 0.1) is 12.2 Å². The van der Waals surface area contributed by atoms with E-state index in [2.05, 4.69) is 17.6 Å². The Hall–Kier alpha value is -1.91. The van der Waals surface area contributed by atoms with Crippen LogP contribution in [0.4, 0.5) is 10.1 Å². The molecular weight excluding hydrogens is 271 g/mol. The van der Waals surface area contributed by atoms with Gasteiger partial charge in [-0.15, -0.1) is 0 Å². The highest BCUT2D eigenvalue weighted by atomic mass is 19.1. The van der Waals surface area contributed by atoms with Gasteiger partial charge in [-0.25, -0.2) is 4.39 Å². The average Bonchev–Trinajstić information content (AvgIpc) is 2.48. The lowest BCUT2D eigenvalue weighted by Crippen LogP contribution is -2.36. The van der Waals surface area contributed by atoms with Crippen LogP contribution in [0.2, 0.25) is 0 Å². The minimum absolute atomic E-state index is 0.0637. The molecule has 0 aliphatic heterocycles. The second-order valence-corrected chi connectivity index (χ2v) is 4.99. The van der Waals surface area contributed by atoms with E-state index in [0.29, 0.717) is 0 Å². The summed E-state index contributed by atoms with van der Waals surface area (Å²) in [6, 6.07) is 5.93. The molecule has 4 nitrogen and oxygen atoms in total. The molecule has 0 radical (unpaired) electrons. The molecule has 2 N–H and O–H groups in total. The Morgan fingerprint density at radius 2 is 1.95 bits per heavy atom. The van der Waals surface area contributed by atoms with Crippen molar-refractivity contribution in [1.29, 1.82) is 0 Å². The summed E-state index contributed by atoms with van der Waals surface area (Å²) < 4.78 is 13.4. The molecule has 1 aromatic rings. The molecule has 0 saturated heterocycles. The first-order valence-corrected chi connectivity index (χ1v) is 7.40. The van der Waals surface area contributed by atoms with Crippen LogP contribution in [0, 0.1) is 11.7 Å². The molecular formula is C16H23FN2O2. The van der Waals surface area contributed by atoms with Crippen LogP contribution in [0.1, 0.15) is 39.5 Å². The Balaban J connectivity index is 2.41. The summed E-state index contributed by atoms with van der Waals surface area (Å²) in [5, 5.41) is 5.05. The van der Waals surface area contributed by atoms with Gasteiger partial charge in [0.2, 0.25) is 11.8 Å². The number of hydrogen-bond donors (Lipinski definition) is 2. The molecule has 1 rings (SSSR count). The van der Waals surface area contributed by atoms with Gasteiger partial charge < -0.3 is 10.6 Å². The van der Waals surface area contributed by atoms with Crippen molar-refractivity contribution >= 4 is 17.5 Å². The van der Waals surface area contributed by atoms with Crippen LogP contribution in [-0.2, 0) is 9.59 Å². The molecule has 0 bridgehead atoms. The van der Waals surface area contributed by atoms with Gasteiger partial charge in [-0.2, -0.15) is 0 Å². The normalized spacial score (nSPS) is 11.8. The van der Waals surface area contributed by atoms with Crippen LogP contribution >= 0.6 is 0 Å². The Morgan fingerprint density at radius 1 is 1.24 bits per heavy atom. The first kappa shape index (κ1) is 17.1. The van der Waals surface area contributed by atoms with E-state index >= 15 is 0 Å². The zero-order valence-electron chi connectivity index (χ0n) is 12.6. The van der Waals surface area contributed by atoms with E-state index in [1.54, 1.807) is 12.1 Å². The van der Waals surface area contributed by atoms with E-state index in [0.717, 1.165) is 25.7 Å². The SMILES string of the molecule is CCCC[C@H](CC)C(=O)NCC(=O)Nc1ccccc1F. The molecule has 2 amide bonds. The molecule has 21 heavy (non-hydrogen) atoms. The maximum atomic E-state index is 13.4. The monoisotopic (exact) mass is 294 g/mol. The smallest absolute Gasteiger partial charge is 0.243 e. The quantitative estimate of drug-likeness (QED) is 0.774. The number of hydrogen-bond acceptors (Lipinski definition) is 2. The van der Waals surface area contributed by atoms with Gasteiger partial charge in [0, 0.05) is 5.92 Å². The van der Waals surface area contributed by atoms with E-state index in [1.165, 1.54) is 12.1 Å². The van der Waals surface area contributed by atoms with Crippen LogP contribution in [0.25, 0.3) is 0 Å². The summed E-state index contributed by atoms with van der Waals surface area (Å²) in [4.78, 5) is 23.6. The lowest BCUT2D eigenvalue weighted by Gasteiger charge is -2.14. The van der Waals surface area contributed by atoms with Crippen molar-refractivity contribution in [2.45, 2.75) is 39.5 Å². The molecule has 116 valence electrons. The van der Waals surface area contributed by atoms with Crippen molar-refractivity contribution in [3.8, 4) is 0 Å². The minimum Gasteiger partial charge on any atom is -0.347 e. The van der Waals surface area contributed by atoms with Crippen LogP contribution in [0.15, 0.2) is 24.3 Å². The third-order valence-corrected chi connectivity index (χ3v) is 3.34. The van der Waals surface area contributed by atoms with E-state index in [-0.39, 0.29) is 24.1 Å². The highest BCUT2D eigenvalue weighted by Crippen LogP contribution is 2.13. The number of halogens is 1. The van der Waals surface area contributed by atoms with E-state index < -0.39 is 11.7 Å². The van der Waals surface area contributed by atoms with E-state index in [9.17, 15) is 14.0 Å². The molecule has 1 aromatic carbocycles. The van der Waals surface area contributed by atoms with Crippen molar-refractivity contribution in [2.24, 2.45) is 5.92 Å². The number of carbonyl (C=O) groups excluding carboxylic acids is 2. The Bertz CT molecular complexity index is 477. The summed E-state index contributed by atoms with van der Waals surface area (Å²) in [5.74, 6) is -1.11. The van der Waals surface area contributed by atoms with Crippen molar-refractivity contribution in [2.75, 3.05) is 11.9 Å². The van der Waals surface area contributed by atoms with Crippen LogP contribution in [0.5, 0.6) is 0 Å². The molecule has 0 aliphatic rings. The highest BCUT2D eigenvalue weighted by Gasteiger charge is 2.16.